The average Bonchev–Trinajstić information content (AvgIpc) is 3.08. The third-order valence-corrected chi connectivity index (χ3v) is 6.29. The second-order valence-corrected chi connectivity index (χ2v) is 8.88. The highest BCUT2D eigenvalue weighted by Gasteiger charge is 2.34. The SMILES string of the molecule is O=C1S/C(=C\c2ccc(OCc3ccccc3)c(Cl)c2)C(=O)N1CCOc1ccccc1Cl. The van der Waals surface area contributed by atoms with E-state index in [1.54, 1.807) is 48.5 Å². The van der Waals surface area contributed by atoms with Gasteiger partial charge in [-0.3, -0.25) is 14.5 Å². The number of hydrogen-bond donors (Lipinski definition) is 0. The summed E-state index contributed by atoms with van der Waals surface area (Å²) >= 11 is 13.3. The van der Waals surface area contributed by atoms with Crippen molar-refractivity contribution in [2.45, 2.75) is 6.61 Å². The topological polar surface area (TPSA) is 55.8 Å². The van der Waals surface area contributed by atoms with Gasteiger partial charge in [-0.2, -0.15) is 0 Å². The summed E-state index contributed by atoms with van der Waals surface area (Å²) in [5.74, 6) is 0.682. The van der Waals surface area contributed by atoms with E-state index in [-0.39, 0.29) is 24.3 Å². The third kappa shape index (κ3) is 5.90. The van der Waals surface area contributed by atoms with E-state index in [4.69, 9.17) is 32.7 Å². The molecule has 0 radical (unpaired) electrons. The Morgan fingerprint density at radius 1 is 0.848 bits per heavy atom. The molecule has 168 valence electrons. The Morgan fingerprint density at radius 3 is 2.33 bits per heavy atom. The first-order chi connectivity index (χ1) is 16.0. The summed E-state index contributed by atoms with van der Waals surface area (Å²) in [6.07, 6.45) is 1.65. The summed E-state index contributed by atoms with van der Waals surface area (Å²) < 4.78 is 11.4. The second kappa shape index (κ2) is 10.8. The number of amides is 2. The van der Waals surface area contributed by atoms with Gasteiger partial charge in [-0.25, -0.2) is 0 Å². The molecule has 3 aromatic carbocycles. The first-order valence-electron chi connectivity index (χ1n) is 10.1. The van der Waals surface area contributed by atoms with Gasteiger partial charge in [0.15, 0.2) is 0 Å². The van der Waals surface area contributed by atoms with Gasteiger partial charge in [-0.15, -0.1) is 0 Å². The van der Waals surface area contributed by atoms with Gasteiger partial charge in [0.2, 0.25) is 0 Å². The second-order valence-electron chi connectivity index (χ2n) is 7.08. The zero-order chi connectivity index (χ0) is 23.2. The average molecular weight is 500 g/mol. The number of nitrogens with zero attached hydrogens (tertiary/aromatic N) is 1. The zero-order valence-electron chi connectivity index (χ0n) is 17.4. The minimum atomic E-state index is -0.367. The first kappa shape index (κ1) is 23.2. The summed E-state index contributed by atoms with van der Waals surface area (Å²) in [5.41, 5.74) is 1.73. The summed E-state index contributed by atoms with van der Waals surface area (Å²) in [6, 6.07) is 22.1. The number of halogens is 2. The molecule has 5 nitrogen and oxygen atoms in total. The van der Waals surface area contributed by atoms with Gasteiger partial charge in [0.25, 0.3) is 11.1 Å². The van der Waals surface area contributed by atoms with Crippen LogP contribution in [0.5, 0.6) is 11.5 Å². The Balaban J connectivity index is 1.37. The van der Waals surface area contributed by atoms with Crippen LogP contribution in [0.25, 0.3) is 6.08 Å². The van der Waals surface area contributed by atoms with Crippen LogP contribution in [0, 0.1) is 0 Å². The molecule has 4 rings (SSSR count). The zero-order valence-corrected chi connectivity index (χ0v) is 19.7. The van der Waals surface area contributed by atoms with E-state index >= 15 is 0 Å². The van der Waals surface area contributed by atoms with E-state index in [9.17, 15) is 9.59 Å². The molecule has 1 aliphatic heterocycles. The summed E-state index contributed by atoms with van der Waals surface area (Å²) in [6.45, 7) is 0.670. The van der Waals surface area contributed by atoms with Gasteiger partial charge in [0, 0.05) is 0 Å². The maximum Gasteiger partial charge on any atom is 0.293 e. The fraction of sp³-hybridized carbons (Fsp3) is 0.120. The molecule has 8 heteroatoms. The number of hydrogen-bond acceptors (Lipinski definition) is 5. The fourth-order valence-electron chi connectivity index (χ4n) is 3.11. The van der Waals surface area contributed by atoms with E-state index in [1.165, 1.54) is 0 Å². The van der Waals surface area contributed by atoms with Crippen LogP contribution in [0.1, 0.15) is 11.1 Å². The van der Waals surface area contributed by atoms with Crippen molar-refractivity contribution in [1.29, 1.82) is 0 Å². The Morgan fingerprint density at radius 2 is 1.58 bits per heavy atom. The molecule has 0 saturated carbocycles. The maximum atomic E-state index is 12.7. The number of para-hydroxylation sites is 1. The molecule has 1 fully saturated rings. The monoisotopic (exact) mass is 499 g/mol. The molecule has 0 atom stereocenters. The van der Waals surface area contributed by atoms with Crippen molar-refractivity contribution >= 4 is 52.2 Å². The lowest BCUT2D eigenvalue weighted by atomic mass is 10.2. The molecular formula is C25H19Cl2NO4S. The molecular weight excluding hydrogens is 481 g/mol. The van der Waals surface area contributed by atoms with Crippen molar-refractivity contribution in [1.82, 2.24) is 4.90 Å². The molecule has 0 aromatic heterocycles. The highest BCUT2D eigenvalue weighted by molar-refractivity contribution is 8.18. The lowest BCUT2D eigenvalue weighted by molar-refractivity contribution is -0.123. The van der Waals surface area contributed by atoms with Crippen molar-refractivity contribution in [3.05, 3.63) is 98.9 Å². The van der Waals surface area contributed by atoms with Gasteiger partial charge in [-0.05, 0) is 53.2 Å². The van der Waals surface area contributed by atoms with Crippen molar-refractivity contribution in [3.8, 4) is 11.5 Å². The summed E-state index contributed by atoms with van der Waals surface area (Å²) in [4.78, 5) is 26.5. The van der Waals surface area contributed by atoms with E-state index in [0.717, 1.165) is 22.2 Å². The highest BCUT2D eigenvalue weighted by Crippen LogP contribution is 2.34. The van der Waals surface area contributed by atoms with Crippen molar-refractivity contribution < 1.29 is 19.1 Å². The molecule has 0 unspecified atom stereocenters. The molecule has 0 N–H and O–H groups in total. The first-order valence-corrected chi connectivity index (χ1v) is 11.7. The van der Waals surface area contributed by atoms with Crippen molar-refractivity contribution in [2.75, 3.05) is 13.2 Å². The number of benzene rings is 3. The van der Waals surface area contributed by atoms with Crippen molar-refractivity contribution in [3.63, 3.8) is 0 Å². The van der Waals surface area contributed by atoms with E-state index in [2.05, 4.69) is 0 Å². The number of carbonyl (C=O) groups is 2. The van der Waals surface area contributed by atoms with Gasteiger partial charge in [-0.1, -0.05) is 71.7 Å². The molecule has 3 aromatic rings. The quantitative estimate of drug-likeness (QED) is 0.323. The minimum absolute atomic E-state index is 0.125. The van der Waals surface area contributed by atoms with Gasteiger partial charge < -0.3 is 9.47 Å². The van der Waals surface area contributed by atoms with E-state index < -0.39 is 0 Å². The van der Waals surface area contributed by atoms with Crippen LogP contribution in [-0.4, -0.2) is 29.2 Å². The number of ether oxygens (including phenoxy) is 2. The summed E-state index contributed by atoms with van der Waals surface area (Å²) in [7, 11) is 0. The van der Waals surface area contributed by atoms with Crippen LogP contribution in [-0.2, 0) is 11.4 Å². The normalized spacial score (nSPS) is 14.7. The largest absolute Gasteiger partial charge is 0.490 e. The van der Waals surface area contributed by atoms with E-state index in [1.807, 2.05) is 30.3 Å². The lowest BCUT2D eigenvalue weighted by Crippen LogP contribution is -2.32. The highest BCUT2D eigenvalue weighted by atomic mass is 35.5. The van der Waals surface area contributed by atoms with Gasteiger partial charge >= 0.3 is 0 Å². The molecule has 1 aliphatic rings. The molecule has 0 aliphatic carbocycles. The summed E-state index contributed by atoms with van der Waals surface area (Å²) in [5, 5.41) is 0.551. The maximum absolute atomic E-state index is 12.7. The van der Waals surface area contributed by atoms with Crippen LogP contribution in [0.2, 0.25) is 10.0 Å². The lowest BCUT2D eigenvalue weighted by Gasteiger charge is -2.13. The Kier molecular flexibility index (Phi) is 7.60. The number of thioether (sulfide) groups is 1. The smallest absolute Gasteiger partial charge is 0.293 e. The van der Waals surface area contributed by atoms with Crippen LogP contribution in [0.3, 0.4) is 0 Å². The Hall–Kier alpha value is -2.93. The van der Waals surface area contributed by atoms with Crippen LogP contribution < -0.4 is 9.47 Å². The molecule has 1 heterocycles. The molecule has 33 heavy (non-hydrogen) atoms. The number of imide groups is 1. The predicted octanol–water partition coefficient (Wildman–Crippen LogP) is 6.69. The molecule has 0 spiro atoms. The molecule has 2 amide bonds. The van der Waals surface area contributed by atoms with Crippen LogP contribution in [0.4, 0.5) is 4.79 Å². The Bertz CT molecular complexity index is 1200. The standard InChI is InChI=1S/C25H19Cl2NO4S/c26-19-8-4-5-9-21(19)31-13-12-28-24(29)23(33-25(28)30)15-18-10-11-22(20(27)14-18)32-16-17-6-2-1-3-7-17/h1-11,14-15H,12-13,16H2/b23-15-. The van der Waals surface area contributed by atoms with Gasteiger partial charge in [0.1, 0.15) is 24.7 Å². The minimum Gasteiger partial charge on any atom is -0.490 e. The van der Waals surface area contributed by atoms with Gasteiger partial charge in [0.05, 0.1) is 21.5 Å². The number of carbonyl (C=O) groups excluding carboxylic acids is 2. The fourth-order valence-corrected chi connectivity index (χ4v) is 4.41. The Labute approximate surface area is 205 Å². The number of rotatable bonds is 8. The predicted molar refractivity (Wildman–Crippen MR) is 132 cm³/mol. The third-order valence-electron chi connectivity index (χ3n) is 4.77. The molecule has 0 bridgehead atoms. The van der Waals surface area contributed by atoms with Crippen molar-refractivity contribution in [2.24, 2.45) is 0 Å². The molecule has 1 saturated heterocycles. The van der Waals surface area contributed by atoms with E-state index in [0.29, 0.717) is 38.6 Å². The van der Waals surface area contributed by atoms with Crippen LogP contribution >= 0.6 is 35.0 Å². The van der Waals surface area contributed by atoms with Crippen LogP contribution in [0.15, 0.2) is 77.7 Å².